The highest BCUT2D eigenvalue weighted by molar-refractivity contribution is 6.91. The number of benzene rings is 2. The number of aliphatic imine (C=N–C) groups is 1. The fourth-order valence-electron chi connectivity index (χ4n) is 4.29. The molecule has 2 aromatic carbocycles. The molecular formula is C23H18BN3. The van der Waals surface area contributed by atoms with Gasteiger partial charge in [-0.1, -0.05) is 60.7 Å². The van der Waals surface area contributed by atoms with E-state index in [4.69, 9.17) is 4.98 Å². The number of hydrogen-bond donors (Lipinski definition) is 0. The first kappa shape index (κ1) is 15.8. The minimum atomic E-state index is 0.0364. The number of nitrogens with zero attached hydrogens (tertiary/aromatic N) is 3. The fourth-order valence-corrected chi connectivity index (χ4v) is 4.29. The van der Waals surface area contributed by atoms with Crippen molar-refractivity contribution < 1.29 is 0 Å². The number of pyridine rings is 1. The van der Waals surface area contributed by atoms with Crippen LogP contribution in [-0.2, 0) is 0 Å². The molecular weight excluding hydrogens is 329 g/mol. The maximum atomic E-state index is 4.75. The van der Waals surface area contributed by atoms with Gasteiger partial charge in [0, 0.05) is 17.3 Å². The Hall–Kier alpha value is -3.40. The van der Waals surface area contributed by atoms with Crippen LogP contribution >= 0.6 is 0 Å². The first-order valence-corrected chi connectivity index (χ1v) is 9.11. The molecule has 0 amide bonds. The van der Waals surface area contributed by atoms with Crippen molar-refractivity contribution >= 4 is 35.9 Å². The summed E-state index contributed by atoms with van der Waals surface area (Å²) in [5.41, 5.74) is 7.18. The van der Waals surface area contributed by atoms with Crippen LogP contribution in [0.3, 0.4) is 0 Å². The predicted molar refractivity (Wildman–Crippen MR) is 115 cm³/mol. The molecule has 0 unspecified atom stereocenters. The van der Waals surface area contributed by atoms with Crippen LogP contribution in [0.25, 0.3) is 16.7 Å². The molecule has 3 heterocycles. The number of allylic oxidation sites excluding steroid dienone is 3. The summed E-state index contributed by atoms with van der Waals surface area (Å²) in [6.45, 7) is 5.96. The van der Waals surface area contributed by atoms with Gasteiger partial charge in [-0.05, 0) is 47.8 Å². The maximum absolute atomic E-state index is 4.75. The van der Waals surface area contributed by atoms with Crippen molar-refractivity contribution in [3.8, 4) is 11.1 Å². The van der Waals surface area contributed by atoms with E-state index in [-0.39, 0.29) is 6.85 Å². The average molecular weight is 347 g/mol. The number of rotatable bonds is 2. The van der Waals surface area contributed by atoms with E-state index in [2.05, 4.69) is 83.3 Å². The summed E-state index contributed by atoms with van der Waals surface area (Å²) < 4.78 is 0. The molecule has 0 radical (unpaired) electrons. The molecule has 0 aliphatic carbocycles. The standard InChI is InChI=1S/C23H18BN3/c1-3-9-18-16-10-4-6-13-20(16)24-21-14-7-5-11-17(21)19-12-8-15-26-23(19)27(24)22(18)25-2/h3-15H,2H2,1H3/b9-3-. The first-order valence-electron chi connectivity index (χ1n) is 9.11. The molecule has 1 aromatic heterocycles. The van der Waals surface area contributed by atoms with Gasteiger partial charge >= 0.3 is 6.85 Å². The van der Waals surface area contributed by atoms with Crippen molar-refractivity contribution in [2.24, 2.45) is 4.99 Å². The predicted octanol–water partition coefficient (Wildman–Crippen LogP) is 3.63. The number of aromatic nitrogens is 1. The van der Waals surface area contributed by atoms with Gasteiger partial charge in [0.15, 0.2) is 0 Å². The van der Waals surface area contributed by atoms with Crippen molar-refractivity contribution in [2.45, 2.75) is 6.92 Å². The third-order valence-corrected chi connectivity index (χ3v) is 5.32. The van der Waals surface area contributed by atoms with E-state index in [9.17, 15) is 0 Å². The summed E-state index contributed by atoms with van der Waals surface area (Å²) in [5.74, 6) is 1.78. The van der Waals surface area contributed by atoms with E-state index in [0.717, 1.165) is 22.8 Å². The summed E-state index contributed by atoms with van der Waals surface area (Å²) in [7, 11) is 0. The van der Waals surface area contributed by atoms with Crippen LogP contribution < -0.4 is 15.7 Å². The Labute approximate surface area is 159 Å². The molecule has 4 heteroatoms. The highest BCUT2D eigenvalue weighted by Crippen LogP contribution is 2.40. The van der Waals surface area contributed by atoms with E-state index in [0.29, 0.717) is 0 Å². The lowest BCUT2D eigenvalue weighted by molar-refractivity contribution is 1.12. The zero-order chi connectivity index (χ0) is 18.4. The van der Waals surface area contributed by atoms with Gasteiger partial charge in [-0.15, -0.1) is 0 Å². The minimum absolute atomic E-state index is 0.0364. The summed E-state index contributed by atoms with van der Waals surface area (Å²) in [5, 5.41) is 0. The second kappa shape index (κ2) is 6.10. The van der Waals surface area contributed by atoms with E-state index in [1.54, 1.807) is 0 Å². The molecule has 0 bridgehead atoms. The number of fused-ring (bicyclic) bond motifs is 8. The molecule has 2 aliphatic heterocycles. The largest absolute Gasteiger partial charge is 0.346 e. The first-order chi connectivity index (χ1) is 13.3. The van der Waals surface area contributed by atoms with Gasteiger partial charge in [0.2, 0.25) is 0 Å². The van der Waals surface area contributed by atoms with Crippen LogP contribution in [0.4, 0.5) is 5.82 Å². The summed E-state index contributed by atoms with van der Waals surface area (Å²) in [6, 6.07) is 21.3. The molecule has 0 spiro atoms. The summed E-state index contributed by atoms with van der Waals surface area (Å²) >= 11 is 0. The van der Waals surface area contributed by atoms with E-state index >= 15 is 0 Å². The van der Waals surface area contributed by atoms with Crippen molar-refractivity contribution in [3.05, 3.63) is 90.4 Å². The molecule has 3 nitrogen and oxygen atoms in total. The molecule has 0 atom stereocenters. The fraction of sp³-hybridized carbons (Fsp3) is 0.0435. The molecule has 128 valence electrons. The number of anilines is 1. The van der Waals surface area contributed by atoms with Crippen LogP contribution in [0, 0.1) is 0 Å². The van der Waals surface area contributed by atoms with Crippen LogP contribution in [0.5, 0.6) is 0 Å². The van der Waals surface area contributed by atoms with E-state index in [1.807, 2.05) is 19.2 Å². The van der Waals surface area contributed by atoms with Gasteiger partial charge in [-0.3, -0.25) is 0 Å². The zero-order valence-corrected chi connectivity index (χ0v) is 15.1. The Morgan fingerprint density at radius 2 is 1.59 bits per heavy atom. The highest BCUT2D eigenvalue weighted by Gasteiger charge is 2.43. The molecule has 2 aliphatic rings. The second-order valence-corrected chi connectivity index (χ2v) is 6.72. The van der Waals surface area contributed by atoms with Crippen molar-refractivity contribution in [1.29, 1.82) is 0 Å². The third kappa shape index (κ3) is 2.16. The monoisotopic (exact) mass is 347 g/mol. The molecule has 0 fully saturated rings. The Balaban J connectivity index is 1.92. The molecule has 0 saturated heterocycles. The molecule has 27 heavy (non-hydrogen) atoms. The lowest BCUT2D eigenvalue weighted by atomic mass is 9.44. The molecule has 0 saturated carbocycles. The van der Waals surface area contributed by atoms with E-state index in [1.165, 1.54) is 22.1 Å². The van der Waals surface area contributed by atoms with Gasteiger partial charge < -0.3 is 4.81 Å². The maximum Gasteiger partial charge on any atom is 0.332 e. The van der Waals surface area contributed by atoms with E-state index < -0.39 is 0 Å². The smallest absolute Gasteiger partial charge is 0.332 e. The Morgan fingerprint density at radius 1 is 0.926 bits per heavy atom. The van der Waals surface area contributed by atoms with Gasteiger partial charge in [0.1, 0.15) is 11.6 Å². The van der Waals surface area contributed by atoms with Gasteiger partial charge in [-0.2, -0.15) is 0 Å². The summed E-state index contributed by atoms with van der Waals surface area (Å²) in [4.78, 5) is 11.5. The second-order valence-electron chi connectivity index (χ2n) is 6.72. The Kier molecular flexibility index (Phi) is 3.57. The van der Waals surface area contributed by atoms with Crippen molar-refractivity contribution in [3.63, 3.8) is 0 Å². The Bertz CT molecular complexity index is 1130. The van der Waals surface area contributed by atoms with Crippen molar-refractivity contribution in [1.82, 2.24) is 4.98 Å². The highest BCUT2D eigenvalue weighted by atomic mass is 15.2. The van der Waals surface area contributed by atoms with Crippen molar-refractivity contribution in [2.75, 3.05) is 4.81 Å². The van der Waals surface area contributed by atoms with Gasteiger partial charge in [-0.25, -0.2) is 9.98 Å². The topological polar surface area (TPSA) is 28.5 Å². The molecule has 0 N–H and O–H groups in total. The van der Waals surface area contributed by atoms with Crippen LogP contribution in [0.15, 0.2) is 89.8 Å². The Morgan fingerprint density at radius 3 is 2.33 bits per heavy atom. The van der Waals surface area contributed by atoms with Crippen LogP contribution in [0.2, 0.25) is 0 Å². The normalized spacial score (nSPS) is 14.6. The average Bonchev–Trinajstić information content (AvgIpc) is 2.74. The molecule has 5 rings (SSSR count). The third-order valence-electron chi connectivity index (χ3n) is 5.32. The van der Waals surface area contributed by atoms with Gasteiger partial charge in [0.25, 0.3) is 0 Å². The van der Waals surface area contributed by atoms with Crippen LogP contribution in [0.1, 0.15) is 12.5 Å². The van der Waals surface area contributed by atoms with Gasteiger partial charge in [0.05, 0.1) is 0 Å². The zero-order valence-electron chi connectivity index (χ0n) is 15.1. The quantitative estimate of drug-likeness (QED) is 0.523. The summed E-state index contributed by atoms with van der Waals surface area (Å²) in [6.07, 6.45) is 6.01. The number of hydrogen-bond acceptors (Lipinski definition) is 3. The lowest BCUT2D eigenvalue weighted by Gasteiger charge is -2.41. The minimum Gasteiger partial charge on any atom is -0.346 e. The van der Waals surface area contributed by atoms with Crippen LogP contribution in [-0.4, -0.2) is 18.5 Å². The SMILES string of the molecule is C=NC1=C(/C=C\C)c2ccccc2B2c3ccccc3-c3cccnc3N21. The molecule has 3 aromatic rings. The lowest BCUT2D eigenvalue weighted by Crippen LogP contribution is -2.61.